The zero-order chi connectivity index (χ0) is 24.2. The lowest BCUT2D eigenvalue weighted by molar-refractivity contribution is -0.151. The molecule has 10 heteroatoms. The first-order valence-corrected chi connectivity index (χ1v) is 12.1. The number of nitrogens with one attached hydrogen (secondary N) is 1. The number of ether oxygens (including phenoxy) is 2. The van der Waals surface area contributed by atoms with Crippen molar-refractivity contribution in [2.45, 2.75) is 54.9 Å². The Balaban J connectivity index is 3.01. The molecule has 1 aromatic heterocycles. The highest BCUT2D eigenvalue weighted by Crippen LogP contribution is 2.47. The van der Waals surface area contributed by atoms with E-state index in [2.05, 4.69) is 11.6 Å². The minimum atomic E-state index is -3.31. The van der Waals surface area contributed by atoms with Gasteiger partial charge in [-0.15, -0.1) is 0 Å². The smallest absolute Gasteiger partial charge is 0.332 e. The van der Waals surface area contributed by atoms with Crippen LogP contribution in [0.15, 0.2) is 22.4 Å². The maximum Gasteiger partial charge on any atom is 0.332 e. The van der Waals surface area contributed by atoms with Crippen molar-refractivity contribution in [2.24, 2.45) is 10.8 Å². The van der Waals surface area contributed by atoms with Crippen molar-refractivity contribution in [3.05, 3.63) is 39.2 Å². The third-order valence-electron chi connectivity index (χ3n) is 4.36. The van der Waals surface area contributed by atoms with Crippen LogP contribution in [-0.4, -0.2) is 40.3 Å². The molecule has 0 fully saturated rings. The quantitative estimate of drug-likeness (QED) is 0.470. The summed E-state index contributed by atoms with van der Waals surface area (Å²) in [5.74, 6) is -1.05. The first kappa shape index (κ1) is 26.6. The predicted octanol–water partition coefficient (Wildman–Crippen LogP) is 3.16. The molecule has 9 nitrogen and oxygen atoms in total. The lowest BCUT2D eigenvalue weighted by Gasteiger charge is -2.24. The van der Waals surface area contributed by atoms with E-state index in [-0.39, 0.29) is 12.6 Å². The highest BCUT2D eigenvalue weighted by Gasteiger charge is 2.32. The maximum absolute atomic E-state index is 13.5. The molecule has 0 spiro atoms. The van der Waals surface area contributed by atoms with Gasteiger partial charge in [0.05, 0.1) is 10.8 Å². The number of aryl methyl sites for hydroxylation is 1. The summed E-state index contributed by atoms with van der Waals surface area (Å²) in [5, 5.41) is 0. The number of H-pyrrole nitrogens is 1. The fourth-order valence-corrected chi connectivity index (χ4v) is 3.91. The van der Waals surface area contributed by atoms with E-state index in [1.54, 1.807) is 48.5 Å². The molecule has 1 aromatic rings. The van der Waals surface area contributed by atoms with E-state index >= 15 is 0 Å². The van der Waals surface area contributed by atoms with Crippen LogP contribution in [0.3, 0.4) is 0 Å². The molecule has 0 aliphatic carbocycles. The molecule has 1 heterocycles. The van der Waals surface area contributed by atoms with Gasteiger partial charge in [-0.3, -0.25) is 23.9 Å². The molecule has 0 unspecified atom stereocenters. The van der Waals surface area contributed by atoms with Gasteiger partial charge < -0.3 is 14.0 Å². The number of carbonyl (C=O) groups is 2. The molecule has 0 atom stereocenters. The molecule has 0 amide bonds. The average molecular weight is 456 g/mol. The zero-order valence-electron chi connectivity index (χ0n) is 19.4. The molecule has 0 saturated carbocycles. The van der Waals surface area contributed by atoms with Gasteiger partial charge in [0.15, 0.2) is 7.14 Å². The Kier molecular flexibility index (Phi) is 8.43. The van der Waals surface area contributed by atoms with E-state index in [9.17, 15) is 23.7 Å². The second kappa shape index (κ2) is 9.81. The van der Waals surface area contributed by atoms with Gasteiger partial charge in [-0.1, -0.05) is 6.58 Å². The number of carbonyl (C=O) groups excluding carboxylic acids is 2. The summed E-state index contributed by atoms with van der Waals surface area (Å²) < 4.78 is 25.1. The molecular weight excluding hydrogens is 423 g/mol. The number of rotatable bonds is 8. The van der Waals surface area contributed by atoms with Gasteiger partial charge in [0, 0.05) is 23.6 Å². The zero-order valence-corrected chi connectivity index (χ0v) is 20.3. The van der Waals surface area contributed by atoms with Crippen LogP contribution in [0.25, 0.3) is 5.70 Å². The van der Waals surface area contributed by atoms with E-state index in [4.69, 9.17) is 9.47 Å². The second-order valence-corrected chi connectivity index (χ2v) is 12.7. The molecule has 1 N–H and O–H groups in total. The third kappa shape index (κ3) is 7.98. The van der Waals surface area contributed by atoms with Gasteiger partial charge in [-0.25, -0.2) is 4.79 Å². The Morgan fingerprint density at radius 3 is 1.90 bits per heavy atom. The van der Waals surface area contributed by atoms with Crippen molar-refractivity contribution < 1.29 is 23.6 Å². The van der Waals surface area contributed by atoms with E-state index in [0.717, 1.165) is 0 Å². The summed E-state index contributed by atoms with van der Waals surface area (Å²) in [6, 6.07) is 0. The SMILES string of the molecule is C=C(CCP(=O)(COC(=O)C(C)(C)C)COC(=O)C(C)(C)C)n1cc(C)c(=O)[nH]c1=O. The standard InChI is InChI=1S/C21H33N2O7P/c1-14-11-23(19(27)22-16(14)24)15(2)9-10-31(28,12-29-17(25)20(3,4)5)13-30-18(26)21(6,7)8/h11H,2,9-10,12-13H2,1,3-8H3,(H,22,24,27). The maximum atomic E-state index is 13.5. The van der Waals surface area contributed by atoms with Gasteiger partial charge in [-0.2, -0.15) is 0 Å². The van der Waals surface area contributed by atoms with Crippen molar-refractivity contribution in [2.75, 3.05) is 18.9 Å². The molecule has 1 rings (SSSR count). The van der Waals surface area contributed by atoms with Crippen molar-refractivity contribution in [1.82, 2.24) is 9.55 Å². The van der Waals surface area contributed by atoms with Crippen LogP contribution in [-0.2, 0) is 23.6 Å². The lowest BCUT2D eigenvalue weighted by atomic mass is 9.98. The fourth-order valence-electron chi connectivity index (χ4n) is 2.21. The van der Waals surface area contributed by atoms with E-state index in [1.807, 2.05) is 0 Å². The number of allylic oxidation sites excluding steroid dienone is 1. The monoisotopic (exact) mass is 456 g/mol. The Labute approximate surface area is 182 Å². The van der Waals surface area contributed by atoms with Gasteiger partial charge >= 0.3 is 17.6 Å². The van der Waals surface area contributed by atoms with Gasteiger partial charge in [0.1, 0.15) is 12.7 Å². The number of nitrogens with zero attached hydrogens (tertiary/aromatic N) is 1. The summed E-state index contributed by atoms with van der Waals surface area (Å²) in [7, 11) is -3.31. The van der Waals surface area contributed by atoms with Gasteiger partial charge in [-0.05, 0) is 54.9 Å². The number of esters is 2. The second-order valence-electron chi connectivity index (χ2n) is 9.66. The Morgan fingerprint density at radius 1 is 1.03 bits per heavy atom. The summed E-state index contributed by atoms with van der Waals surface area (Å²) >= 11 is 0. The average Bonchev–Trinajstić information content (AvgIpc) is 2.63. The molecule has 174 valence electrons. The minimum Gasteiger partial charge on any atom is -0.457 e. The van der Waals surface area contributed by atoms with Crippen LogP contribution < -0.4 is 11.2 Å². The lowest BCUT2D eigenvalue weighted by Crippen LogP contribution is -2.30. The molecule has 31 heavy (non-hydrogen) atoms. The number of aromatic nitrogens is 2. The molecule has 0 aliphatic heterocycles. The predicted molar refractivity (Wildman–Crippen MR) is 119 cm³/mol. The summed E-state index contributed by atoms with van der Waals surface area (Å²) in [4.78, 5) is 50.1. The van der Waals surface area contributed by atoms with Crippen molar-refractivity contribution >= 4 is 24.8 Å². The molecule has 0 saturated heterocycles. The Hall–Kier alpha value is -2.41. The number of hydrogen-bond acceptors (Lipinski definition) is 7. The van der Waals surface area contributed by atoms with Crippen LogP contribution in [0, 0.1) is 17.8 Å². The van der Waals surface area contributed by atoms with Crippen molar-refractivity contribution in [3.8, 4) is 0 Å². The van der Waals surface area contributed by atoms with Crippen molar-refractivity contribution in [3.63, 3.8) is 0 Å². The summed E-state index contributed by atoms with van der Waals surface area (Å²) in [5.41, 5.74) is -2.10. The number of hydrogen-bond donors (Lipinski definition) is 1. The molecule has 0 bridgehead atoms. The normalized spacial score (nSPS) is 12.4. The van der Waals surface area contributed by atoms with Crippen molar-refractivity contribution in [1.29, 1.82) is 0 Å². The summed E-state index contributed by atoms with van der Waals surface area (Å²) in [6.45, 7) is 15.4. The van der Waals surface area contributed by atoms with Crippen LogP contribution in [0.1, 0.15) is 53.5 Å². The van der Waals surface area contributed by atoms with Crippen LogP contribution in [0.4, 0.5) is 0 Å². The third-order valence-corrected chi connectivity index (χ3v) is 6.59. The first-order valence-electron chi connectivity index (χ1n) is 9.88. The number of aromatic amines is 1. The Bertz CT molecular complexity index is 972. The van der Waals surface area contributed by atoms with Gasteiger partial charge in [0.2, 0.25) is 0 Å². The topological polar surface area (TPSA) is 125 Å². The molecule has 0 radical (unpaired) electrons. The first-order chi connectivity index (χ1) is 14.0. The van der Waals surface area contributed by atoms with Crippen LogP contribution >= 0.6 is 7.14 Å². The summed E-state index contributed by atoms with van der Waals surface area (Å²) in [6.07, 6.45) is 0.655. The minimum absolute atomic E-state index is 0.00864. The van der Waals surface area contributed by atoms with Crippen LogP contribution in [0.2, 0.25) is 0 Å². The molecule has 0 aromatic carbocycles. The highest BCUT2D eigenvalue weighted by molar-refractivity contribution is 7.63. The highest BCUT2D eigenvalue weighted by atomic mass is 31.2. The molecular formula is C21H33N2O7P. The molecule has 0 aliphatic rings. The van der Waals surface area contributed by atoms with E-state index < -0.39 is 53.9 Å². The van der Waals surface area contributed by atoms with Crippen LogP contribution in [0.5, 0.6) is 0 Å². The van der Waals surface area contributed by atoms with Gasteiger partial charge in [0.25, 0.3) is 5.56 Å². The largest absolute Gasteiger partial charge is 0.457 e. The van der Waals surface area contributed by atoms with E-state index in [1.165, 1.54) is 10.8 Å². The fraction of sp³-hybridized carbons (Fsp3) is 0.619. The Morgan fingerprint density at radius 2 is 1.48 bits per heavy atom. The van der Waals surface area contributed by atoms with E-state index in [0.29, 0.717) is 11.3 Å².